The zero-order valence-corrected chi connectivity index (χ0v) is 14.7. The number of benzene rings is 2. The van der Waals surface area contributed by atoms with E-state index in [4.69, 9.17) is 25.8 Å². The van der Waals surface area contributed by atoms with E-state index in [1.807, 2.05) is 30.3 Å². The van der Waals surface area contributed by atoms with Crippen LogP contribution < -0.4 is 9.47 Å². The van der Waals surface area contributed by atoms with E-state index >= 15 is 0 Å². The summed E-state index contributed by atoms with van der Waals surface area (Å²) < 4.78 is 16.7. The van der Waals surface area contributed by atoms with Crippen LogP contribution in [0.1, 0.15) is 41.6 Å². The Balaban J connectivity index is 1.51. The topological polar surface area (TPSA) is 44.8 Å². The van der Waals surface area contributed by atoms with Crippen LogP contribution in [0.4, 0.5) is 0 Å². The summed E-state index contributed by atoms with van der Waals surface area (Å²) in [5.74, 6) is 1.38. The molecule has 4 rings (SSSR count). The van der Waals surface area contributed by atoms with Crippen molar-refractivity contribution in [3.05, 3.63) is 58.1 Å². The fraction of sp³-hybridized carbons (Fsp3) is 0.350. The zero-order chi connectivity index (χ0) is 17.4. The summed E-state index contributed by atoms with van der Waals surface area (Å²) >= 11 is 6.27. The number of hydrogen-bond acceptors (Lipinski definition) is 4. The van der Waals surface area contributed by atoms with Crippen molar-refractivity contribution in [3.63, 3.8) is 0 Å². The van der Waals surface area contributed by atoms with Gasteiger partial charge in [0.1, 0.15) is 17.6 Å². The molecule has 0 bridgehead atoms. The van der Waals surface area contributed by atoms with Crippen LogP contribution in [0.15, 0.2) is 36.4 Å². The molecule has 0 amide bonds. The molecular formula is C20H19ClO4. The lowest BCUT2D eigenvalue weighted by Gasteiger charge is -2.16. The first-order valence-corrected chi connectivity index (χ1v) is 8.81. The van der Waals surface area contributed by atoms with Crippen molar-refractivity contribution >= 4 is 17.6 Å². The number of methoxy groups -OCH3 is 1. The zero-order valence-electron chi connectivity index (χ0n) is 14.0. The molecule has 0 radical (unpaired) electrons. The van der Waals surface area contributed by atoms with Gasteiger partial charge < -0.3 is 14.2 Å². The lowest BCUT2D eigenvalue weighted by atomic mass is 9.98. The summed E-state index contributed by atoms with van der Waals surface area (Å²) in [7, 11) is 1.40. The average Bonchev–Trinajstić information content (AvgIpc) is 3.20. The van der Waals surface area contributed by atoms with Crippen molar-refractivity contribution in [3.8, 4) is 11.5 Å². The van der Waals surface area contributed by atoms with Crippen molar-refractivity contribution in [2.45, 2.75) is 31.3 Å². The molecule has 2 aliphatic rings. The molecule has 1 unspecified atom stereocenters. The monoisotopic (exact) mass is 358 g/mol. The summed E-state index contributed by atoms with van der Waals surface area (Å²) in [4.78, 5) is 11.5. The highest BCUT2D eigenvalue weighted by Crippen LogP contribution is 2.42. The Kier molecular flexibility index (Phi) is 4.30. The van der Waals surface area contributed by atoms with Gasteiger partial charge in [-0.25, -0.2) is 0 Å². The van der Waals surface area contributed by atoms with E-state index in [0.29, 0.717) is 13.0 Å². The third-order valence-electron chi connectivity index (χ3n) is 4.94. The van der Waals surface area contributed by atoms with Gasteiger partial charge in [0.15, 0.2) is 0 Å². The predicted molar refractivity (Wildman–Crippen MR) is 94.5 cm³/mol. The third-order valence-corrected chi connectivity index (χ3v) is 5.30. The molecule has 2 aromatic rings. The SMILES string of the molecule is COC(=O)CC1COc2cc(O[C@@H]3CCc4c(Cl)cccc43)ccc21. The highest BCUT2D eigenvalue weighted by molar-refractivity contribution is 6.31. The Morgan fingerprint density at radius 2 is 2.16 bits per heavy atom. The van der Waals surface area contributed by atoms with Crippen LogP contribution in [0.5, 0.6) is 11.5 Å². The molecule has 0 N–H and O–H groups in total. The molecule has 0 saturated carbocycles. The van der Waals surface area contributed by atoms with Gasteiger partial charge in [0.25, 0.3) is 0 Å². The minimum atomic E-state index is -0.221. The van der Waals surface area contributed by atoms with Crippen LogP contribution in [-0.4, -0.2) is 19.7 Å². The molecule has 1 aliphatic carbocycles. The Morgan fingerprint density at radius 3 is 3.00 bits per heavy atom. The number of esters is 1. The number of carbonyl (C=O) groups excluding carboxylic acids is 1. The highest BCUT2D eigenvalue weighted by Gasteiger charge is 2.29. The number of carbonyl (C=O) groups is 1. The molecule has 0 spiro atoms. The van der Waals surface area contributed by atoms with Crippen molar-refractivity contribution < 1.29 is 19.0 Å². The second-order valence-electron chi connectivity index (χ2n) is 6.44. The smallest absolute Gasteiger partial charge is 0.306 e. The number of halogens is 1. The van der Waals surface area contributed by atoms with Gasteiger partial charge in [-0.05, 0) is 36.1 Å². The second kappa shape index (κ2) is 6.60. The largest absolute Gasteiger partial charge is 0.492 e. The summed E-state index contributed by atoms with van der Waals surface area (Å²) in [6, 6.07) is 11.8. The summed E-state index contributed by atoms with van der Waals surface area (Å²) in [5, 5.41) is 0.812. The van der Waals surface area contributed by atoms with Gasteiger partial charge in [-0.2, -0.15) is 0 Å². The Morgan fingerprint density at radius 1 is 1.28 bits per heavy atom. The molecule has 5 heteroatoms. The Hall–Kier alpha value is -2.20. The molecule has 0 saturated heterocycles. The quantitative estimate of drug-likeness (QED) is 0.758. The lowest BCUT2D eigenvalue weighted by molar-refractivity contribution is -0.141. The van der Waals surface area contributed by atoms with E-state index in [9.17, 15) is 4.79 Å². The molecule has 0 fully saturated rings. The van der Waals surface area contributed by atoms with Gasteiger partial charge in [0.2, 0.25) is 0 Å². The molecule has 0 aromatic heterocycles. The predicted octanol–water partition coefficient (Wildman–Crippen LogP) is 4.45. The summed E-state index contributed by atoms with van der Waals surface area (Å²) in [5.41, 5.74) is 3.38. The Labute approximate surface area is 151 Å². The van der Waals surface area contributed by atoms with Gasteiger partial charge in [0.05, 0.1) is 20.1 Å². The van der Waals surface area contributed by atoms with E-state index in [0.717, 1.165) is 40.5 Å². The van der Waals surface area contributed by atoms with Gasteiger partial charge in [-0.15, -0.1) is 0 Å². The average molecular weight is 359 g/mol. The van der Waals surface area contributed by atoms with Gasteiger partial charge in [0, 0.05) is 22.6 Å². The minimum Gasteiger partial charge on any atom is -0.492 e. The van der Waals surface area contributed by atoms with Crippen LogP contribution in [-0.2, 0) is 16.0 Å². The van der Waals surface area contributed by atoms with Crippen molar-refractivity contribution in [1.82, 2.24) is 0 Å². The molecule has 1 aliphatic heterocycles. The number of fused-ring (bicyclic) bond motifs is 2. The van der Waals surface area contributed by atoms with Crippen molar-refractivity contribution in [1.29, 1.82) is 0 Å². The molecule has 1 heterocycles. The summed E-state index contributed by atoms with van der Waals surface area (Å²) in [6.07, 6.45) is 2.20. The highest BCUT2D eigenvalue weighted by atomic mass is 35.5. The minimum absolute atomic E-state index is 0.0130. The normalized spacial score (nSPS) is 20.6. The number of hydrogen-bond donors (Lipinski definition) is 0. The standard InChI is InChI=1S/C20H19ClO4/c1-23-20(22)9-12-11-24-19-10-13(5-6-14(12)19)25-18-8-7-15-16(18)3-2-4-17(15)21/h2-6,10,12,18H,7-9,11H2,1H3/t12?,18-/m1/s1. The van der Waals surface area contributed by atoms with E-state index in [1.165, 1.54) is 12.7 Å². The molecule has 4 nitrogen and oxygen atoms in total. The van der Waals surface area contributed by atoms with E-state index in [-0.39, 0.29) is 18.0 Å². The van der Waals surface area contributed by atoms with Crippen LogP contribution >= 0.6 is 11.6 Å². The van der Waals surface area contributed by atoms with Crippen LogP contribution in [0.25, 0.3) is 0 Å². The molecule has 2 atom stereocenters. The van der Waals surface area contributed by atoms with E-state index < -0.39 is 0 Å². The maximum absolute atomic E-state index is 11.5. The molecule has 25 heavy (non-hydrogen) atoms. The second-order valence-corrected chi connectivity index (χ2v) is 6.85. The maximum Gasteiger partial charge on any atom is 0.306 e. The fourth-order valence-electron chi connectivity index (χ4n) is 3.64. The van der Waals surface area contributed by atoms with Gasteiger partial charge >= 0.3 is 5.97 Å². The molecule has 2 aromatic carbocycles. The Bertz CT molecular complexity index is 817. The van der Waals surface area contributed by atoms with Crippen molar-refractivity contribution in [2.24, 2.45) is 0 Å². The first-order chi connectivity index (χ1) is 12.2. The number of rotatable bonds is 4. The van der Waals surface area contributed by atoms with Crippen LogP contribution in [0.2, 0.25) is 5.02 Å². The first kappa shape index (κ1) is 16.3. The molecule has 130 valence electrons. The maximum atomic E-state index is 11.5. The first-order valence-electron chi connectivity index (χ1n) is 8.43. The van der Waals surface area contributed by atoms with Crippen molar-refractivity contribution in [2.75, 3.05) is 13.7 Å². The molecular weight excluding hydrogens is 340 g/mol. The van der Waals surface area contributed by atoms with Crippen LogP contribution in [0, 0.1) is 0 Å². The lowest BCUT2D eigenvalue weighted by Crippen LogP contribution is -2.09. The van der Waals surface area contributed by atoms with Gasteiger partial charge in [-0.3, -0.25) is 4.79 Å². The number of ether oxygens (including phenoxy) is 3. The van der Waals surface area contributed by atoms with Gasteiger partial charge in [-0.1, -0.05) is 29.8 Å². The van der Waals surface area contributed by atoms with E-state index in [2.05, 4.69) is 6.07 Å². The fourth-order valence-corrected chi connectivity index (χ4v) is 3.92. The van der Waals surface area contributed by atoms with Crippen LogP contribution in [0.3, 0.4) is 0 Å². The van der Waals surface area contributed by atoms with E-state index in [1.54, 1.807) is 0 Å². The third kappa shape index (κ3) is 3.07. The summed E-state index contributed by atoms with van der Waals surface area (Å²) in [6.45, 7) is 0.496.